The summed E-state index contributed by atoms with van der Waals surface area (Å²) in [6, 6.07) is -1.32. The summed E-state index contributed by atoms with van der Waals surface area (Å²) in [7, 11) is 0. The summed E-state index contributed by atoms with van der Waals surface area (Å²) in [5, 5.41) is 10.8. The first-order chi connectivity index (χ1) is 8.15. The minimum atomic E-state index is -4.62. The van der Waals surface area contributed by atoms with Gasteiger partial charge in [-0.2, -0.15) is 13.2 Å². The molecule has 0 aromatic heterocycles. The maximum atomic E-state index is 12.2. The van der Waals surface area contributed by atoms with Crippen LogP contribution in [0.5, 0.6) is 0 Å². The van der Waals surface area contributed by atoms with E-state index in [4.69, 9.17) is 5.11 Å². The van der Waals surface area contributed by atoms with Crippen LogP contribution in [0, 0.1) is 0 Å². The van der Waals surface area contributed by atoms with Crippen molar-refractivity contribution in [2.45, 2.75) is 38.9 Å². The Morgan fingerprint density at radius 2 is 1.94 bits per heavy atom. The van der Waals surface area contributed by atoms with Gasteiger partial charge in [0.2, 0.25) is 0 Å². The van der Waals surface area contributed by atoms with Crippen LogP contribution >= 0.6 is 0 Å². The number of hydrogen-bond donors (Lipinski definition) is 2. The Morgan fingerprint density at radius 3 is 2.33 bits per heavy atom. The van der Waals surface area contributed by atoms with E-state index in [-0.39, 0.29) is 10.9 Å². The van der Waals surface area contributed by atoms with Crippen molar-refractivity contribution in [3.8, 4) is 0 Å². The largest absolute Gasteiger partial charge is 0.480 e. The lowest BCUT2D eigenvalue weighted by Crippen LogP contribution is -2.49. The van der Waals surface area contributed by atoms with E-state index in [2.05, 4.69) is 5.32 Å². The molecule has 0 aliphatic carbocycles. The fraction of sp³-hybridized carbons (Fsp3) is 0.800. The predicted molar refractivity (Wildman–Crippen MR) is 58.2 cm³/mol. The third-order valence-electron chi connectivity index (χ3n) is 2.08. The van der Waals surface area contributed by atoms with Gasteiger partial charge >= 0.3 is 18.2 Å². The highest BCUT2D eigenvalue weighted by molar-refractivity contribution is 5.80. The molecule has 0 aromatic carbocycles. The van der Waals surface area contributed by atoms with Crippen molar-refractivity contribution in [2.75, 3.05) is 13.1 Å². The number of hydrogen-bond acceptors (Lipinski definition) is 2. The van der Waals surface area contributed by atoms with Crippen LogP contribution in [-0.2, 0) is 4.79 Å². The van der Waals surface area contributed by atoms with Gasteiger partial charge in [0.25, 0.3) is 0 Å². The lowest BCUT2D eigenvalue weighted by atomic mass is 10.2. The van der Waals surface area contributed by atoms with Gasteiger partial charge in [0.15, 0.2) is 0 Å². The molecule has 5 nitrogen and oxygen atoms in total. The van der Waals surface area contributed by atoms with E-state index in [0.717, 1.165) is 6.42 Å². The number of aliphatic carboxylic acids is 1. The van der Waals surface area contributed by atoms with E-state index >= 15 is 0 Å². The van der Waals surface area contributed by atoms with Crippen LogP contribution < -0.4 is 5.32 Å². The van der Waals surface area contributed by atoms with Gasteiger partial charge in [0.1, 0.15) is 13.1 Å². The van der Waals surface area contributed by atoms with E-state index < -0.39 is 31.3 Å². The van der Waals surface area contributed by atoms with Crippen molar-refractivity contribution in [3.63, 3.8) is 0 Å². The first-order valence-electron chi connectivity index (χ1n) is 5.49. The molecule has 2 amide bonds. The zero-order valence-electron chi connectivity index (χ0n) is 10.3. The Kier molecular flexibility index (Phi) is 6.50. The summed E-state index contributed by atoms with van der Waals surface area (Å²) < 4.78 is 36.6. The van der Waals surface area contributed by atoms with Gasteiger partial charge in [0.05, 0.1) is 0 Å². The second kappa shape index (κ2) is 7.07. The normalized spacial score (nSPS) is 12.9. The third kappa shape index (κ3) is 7.75. The van der Waals surface area contributed by atoms with E-state index in [1.165, 1.54) is 0 Å². The van der Waals surface area contributed by atoms with E-state index in [1.54, 1.807) is 6.92 Å². The van der Waals surface area contributed by atoms with E-state index in [9.17, 15) is 22.8 Å². The van der Waals surface area contributed by atoms with Gasteiger partial charge in [-0.1, -0.05) is 13.3 Å². The Labute approximate surface area is 103 Å². The van der Waals surface area contributed by atoms with Crippen molar-refractivity contribution in [1.29, 1.82) is 0 Å². The molecule has 8 heteroatoms. The summed E-state index contributed by atoms with van der Waals surface area (Å²) in [5.41, 5.74) is 0. The molecule has 0 spiro atoms. The number of carboxylic acid groups (broad SMARTS) is 1. The minimum Gasteiger partial charge on any atom is -0.480 e. The smallest absolute Gasteiger partial charge is 0.406 e. The number of carboxylic acids is 1. The summed E-state index contributed by atoms with van der Waals surface area (Å²) in [5.74, 6) is -1.49. The van der Waals surface area contributed by atoms with Gasteiger partial charge in [-0.3, -0.25) is 4.79 Å². The summed E-state index contributed by atoms with van der Waals surface area (Å²) in [4.78, 5) is 22.1. The number of carbonyl (C=O) groups is 2. The average Bonchev–Trinajstić information content (AvgIpc) is 2.13. The minimum absolute atomic E-state index is 0.231. The highest BCUT2D eigenvalue weighted by Gasteiger charge is 2.34. The zero-order valence-corrected chi connectivity index (χ0v) is 10.3. The van der Waals surface area contributed by atoms with Crippen molar-refractivity contribution < 1.29 is 27.9 Å². The summed E-state index contributed by atoms with van der Waals surface area (Å²) >= 11 is 0. The number of alkyl halides is 3. The van der Waals surface area contributed by atoms with Crippen LogP contribution in [-0.4, -0.2) is 47.3 Å². The molecular weight excluding hydrogens is 253 g/mol. The van der Waals surface area contributed by atoms with Gasteiger partial charge in [-0.15, -0.1) is 0 Å². The molecule has 0 aromatic rings. The Morgan fingerprint density at radius 1 is 1.39 bits per heavy atom. The van der Waals surface area contributed by atoms with E-state index in [1.807, 2.05) is 6.92 Å². The number of urea groups is 1. The number of rotatable bonds is 6. The van der Waals surface area contributed by atoms with Gasteiger partial charge in [0, 0.05) is 6.04 Å². The molecule has 2 N–H and O–H groups in total. The molecule has 1 atom stereocenters. The standard InChI is InChI=1S/C10H17F3N2O3/c1-3-4-7(2)14-9(18)15(5-8(16)17)6-10(11,12)13/h7H,3-6H2,1-2H3,(H,14,18)(H,16,17). The number of halogens is 3. The molecule has 0 heterocycles. The Bertz CT molecular complexity index is 295. The SMILES string of the molecule is CCCC(C)NC(=O)N(CC(=O)O)CC(F)(F)F. The molecule has 0 fully saturated rings. The molecule has 0 saturated heterocycles. The molecule has 0 aliphatic rings. The number of nitrogens with one attached hydrogen (secondary N) is 1. The fourth-order valence-corrected chi connectivity index (χ4v) is 1.39. The molecule has 0 saturated carbocycles. The van der Waals surface area contributed by atoms with Crippen LogP contribution in [0.1, 0.15) is 26.7 Å². The average molecular weight is 270 g/mol. The summed E-state index contributed by atoms with van der Waals surface area (Å²) in [6.45, 7) is 0.954. The topological polar surface area (TPSA) is 69.6 Å². The van der Waals surface area contributed by atoms with Crippen LogP contribution in [0.3, 0.4) is 0 Å². The molecule has 0 radical (unpaired) electrons. The van der Waals surface area contributed by atoms with Crippen LogP contribution in [0.2, 0.25) is 0 Å². The third-order valence-corrected chi connectivity index (χ3v) is 2.08. The van der Waals surface area contributed by atoms with Crippen LogP contribution in [0.15, 0.2) is 0 Å². The number of nitrogens with zero attached hydrogens (tertiary/aromatic N) is 1. The molecule has 18 heavy (non-hydrogen) atoms. The second-order valence-corrected chi connectivity index (χ2v) is 4.00. The van der Waals surface area contributed by atoms with Gasteiger partial charge < -0.3 is 15.3 Å². The van der Waals surface area contributed by atoms with Crippen LogP contribution in [0.25, 0.3) is 0 Å². The second-order valence-electron chi connectivity index (χ2n) is 4.00. The lowest BCUT2D eigenvalue weighted by Gasteiger charge is -2.24. The van der Waals surface area contributed by atoms with E-state index in [0.29, 0.717) is 6.42 Å². The predicted octanol–water partition coefficient (Wildman–Crippen LogP) is 1.83. The van der Waals surface area contributed by atoms with Crippen molar-refractivity contribution >= 4 is 12.0 Å². The maximum Gasteiger partial charge on any atom is 0.406 e. The maximum absolute atomic E-state index is 12.2. The fourth-order valence-electron chi connectivity index (χ4n) is 1.39. The highest BCUT2D eigenvalue weighted by atomic mass is 19.4. The monoisotopic (exact) mass is 270 g/mol. The van der Waals surface area contributed by atoms with Crippen molar-refractivity contribution in [2.24, 2.45) is 0 Å². The lowest BCUT2D eigenvalue weighted by molar-refractivity contribution is -0.149. The molecule has 0 bridgehead atoms. The molecule has 0 rings (SSSR count). The highest BCUT2D eigenvalue weighted by Crippen LogP contribution is 2.16. The molecule has 0 aliphatic heterocycles. The van der Waals surface area contributed by atoms with Gasteiger partial charge in [-0.05, 0) is 13.3 Å². The Hall–Kier alpha value is -1.47. The molecule has 106 valence electrons. The first-order valence-corrected chi connectivity index (χ1v) is 5.49. The molecule has 1 unspecified atom stereocenters. The van der Waals surface area contributed by atoms with Crippen molar-refractivity contribution in [1.82, 2.24) is 10.2 Å². The molecular formula is C10H17F3N2O3. The van der Waals surface area contributed by atoms with Crippen LogP contribution in [0.4, 0.5) is 18.0 Å². The first kappa shape index (κ1) is 16.5. The number of amides is 2. The van der Waals surface area contributed by atoms with Crippen molar-refractivity contribution in [3.05, 3.63) is 0 Å². The number of carbonyl (C=O) groups excluding carboxylic acids is 1. The summed E-state index contributed by atoms with van der Waals surface area (Å²) in [6.07, 6.45) is -3.25. The van der Waals surface area contributed by atoms with Gasteiger partial charge in [-0.25, -0.2) is 4.79 Å². The Balaban J connectivity index is 4.54. The quantitative estimate of drug-likeness (QED) is 0.773. The zero-order chi connectivity index (χ0) is 14.3.